The van der Waals surface area contributed by atoms with Crippen LogP contribution in [0.5, 0.6) is 0 Å². The number of hydrogen-bond acceptors (Lipinski definition) is 1. The average Bonchev–Trinajstić information content (AvgIpc) is 2.28. The van der Waals surface area contributed by atoms with E-state index in [-0.39, 0.29) is 18.2 Å². The quantitative estimate of drug-likeness (QED) is 0.825. The van der Waals surface area contributed by atoms with Crippen molar-refractivity contribution in [1.82, 2.24) is 0 Å². The Hall–Kier alpha value is -1.74. The van der Waals surface area contributed by atoms with Gasteiger partial charge < -0.3 is 5.73 Å². The van der Waals surface area contributed by atoms with Gasteiger partial charge in [-0.25, -0.2) is 8.78 Å². The third kappa shape index (κ3) is 1.95. The molecule has 0 aliphatic heterocycles. The Morgan fingerprint density at radius 1 is 1.00 bits per heavy atom. The van der Waals surface area contributed by atoms with Crippen molar-refractivity contribution < 1.29 is 8.78 Å². The predicted octanol–water partition coefficient (Wildman–Crippen LogP) is 3.09. The molecule has 0 aliphatic rings. The van der Waals surface area contributed by atoms with Crippen LogP contribution in [-0.4, -0.2) is 0 Å². The fourth-order valence-electron chi connectivity index (χ4n) is 1.69. The lowest BCUT2D eigenvalue weighted by atomic mass is 9.99. The molecule has 1 nitrogen and oxygen atoms in total. The Balaban J connectivity index is 2.60. The van der Waals surface area contributed by atoms with Crippen molar-refractivity contribution in [3.05, 3.63) is 59.7 Å². The lowest BCUT2D eigenvalue weighted by molar-refractivity contribution is 0.611. The van der Waals surface area contributed by atoms with Gasteiger partial charge in [0.25, 0.3) is 0 Å². The number of rotatable bonds is 2. The van der Waals surface area contributed by atoms with Crippen LogP contribution in [0, 0.1) is 11.6 Å². The maximum atomic E-state index is 13.5. The molecular formula is C13H11F2N. The number of hydrogen-bond donors (Lipinski definition) is 1. The highest BCUT2D eigenvalue weighted by Crippen LogP contribution is 2.25. The predicted molar refractivity (Wildman–Crippen MR) is 59.7 cm³/mol. The molecule has 0 amide bonds. The van der Waals surface area contributed by atoms with E-state index in [1.807, 2.05) is 0 Å². The van der Waals surface area contributed by atoms with Crippen molar-refractivity contribution in [1.29, 1.82) is 0 Å². The molecule has 0 aliphatic carbocycles. The van der Waals surface area contributed by atoms with E-state index in [2.05, 4.69) is 0 Å². The molecule has 0 atom stereocenters. The van der Waals surface area contributed by atoms with Crippen molar-refractivity contribution >= 4 is 0 Å². The molecule has 2 aromatic carbocycles. The summed E-state index contributed by atoms with van der Waals surface area (Å²) in [6.45, 7) is 0.0958. The molecule has 0 heterocycles. The molecule has 16 heavy (non-hydrogen) atoms. The van der Waals surface area contributed by atoms with Crippen LogP contribution >= 0.6 is 0 Å². The van der Waals surface area contributed by atoms with Gasteiger partial charge in [-0.15, -0.1) is 0 Å². The van der Waals surface area contributed by atoms with Crippen molar-refractivity contribution in [2.75, 3.05) is 0 Å². The molecule has 82 valence electrons. The van der Waals surface area contributed by atoms with Gasteiger partial charge in [-0.1, -0.05) is 24.3 Å². The van der Waals surface area contributed by atoms with Crippen molar-refractivity contribution in [2.24, 2.45) is 5.73 Å². The lowest BCUT2D eigenvalue weighted by Gasteiger charge is -2.08. The monoisotopic (exact) mass is 219 g/mol. The second-order valence-electron chi connectivity index (χ2n) is 3.48. The standard InChI is InChI=1S/C13H11F2N/c14-10-4-1-3-9(7-10)11-5-2-6-13(15)12(11)8-16/h1-7H,8,16H2. The zero-order valence-corrected chi connectivity index (χ0v) is 8.58. The highest BCUT2D eigenvalue weighted by molar-refractivity contribution is 5.67. The summed E-state index contributed by atoms with van der Waals surface area (Å²) in [5, 5.41) is 0. The van der Waals surface area contributed by atoms with Gasteiger partial charge in [0.2, 0.25) is 0 Å². The SMILES string of the molecule is NCc1c(F)cccc1-c1cccc(F)c1. The van der Waals surface area contributed by atoms with E-state index in [4.69, 9.17) is 5.73 Å². The van der Waals surface area contributed by atoms with E-state index in [9.17, 15) is 8.78 Å². The van der Waals surface area contributed by atoms with E-state index in [1.54, 1.807) is 24.3 Å². The minimum atomic E-state index is -0.357. The third-order valence-corrected chi connectivity index (χ3v) is 2.46. The molecule has 2 N–H and O–H groups in total. The molecule has 0 saturated carbocycles. The first-order valence-electron chi connectivity index (χ1n) is 4.96. The van der Waals surface area contributed by atoms with Crippen LogP contribution in [0.3, 0.4) is 0 Å². The Kier molecular flexibility index (Phi) is 2.97. The largest absolute Gasteiger partial charge is 0.326 e. The summed E-state index contributed by atoms with van der Waals surface area (Å²) in [5.74, 6) is -0.700. The summed E-state index contributed by atoms with van der Waals surface area (Å²) < 4.78 is 26.5. The van der Waals surface area contributed by atoms with E-state index in [0.717, 1.165) is 0 Å². The lowest BCUT2D eigenvalue weighted by Crippen LogP contribution is -2.02. The van der Waals surface area contributed by atoms with Gasteiger partial charge >= 0.3 is 0 Å². The Bertz CT molecular complexity index is 509. The van der Waals surface area contributed by atoms with Crippen LogP contribution in [0.2, 0.25) is 0 Å². The maximum absolute atomic E-state index is 13.5. The summed E-state index contributed by atoms with van der Waals surface area (Å²) in [7, 11) is 0. The van der Waals surface area contributed by atoms with Crippen molar-refractivity contribution in [2.45, 2.75) is 6.54 Å². The molecule has 0 radical (unpaired) electrons. The van der Waals surface area contributed by atoms with Gasteiger partial charge in [0.1, 0.15) is 11.6 Å². The van der Waals surface area contributed by atoms with Crippen molar-refractivity contribution in [3.8, 4) is 11.1 Å². The molecule has 0 unspecified atom stereocenters. The van der Waals surface area contributed by atoms with Crippen molar-refractivity contribution in [3.63, 3.8) is 0 Å². The minimum absolute atomic E-state index is 0.0958. The summed E-state index contributed by atoms with van der Waals surface area (Å²) in [6.07, 6.45) is 0. The summed E-state index contributed by atoms with van der Waals surface area (Å²) in [6, 6.07) is 10.7. The summed E-state index contributed by atoms with van der Waals surface area (Å²) in [4.78, 5) is 0. The molecule has 2 aromatic rings. The molecule has 3 heteroatoms. The third-order valence-electron chi connectivity index (χ3n) is 2.46. The fourth-order valence-corrected chi connectivity index (χ4v) is 1.69. The second-order valence-corrected chi connectivity index (χ2v) is 3.48. The van der Waals surface area contributed by atoms with E-state index >= 15 is 0 Å². The summed E-state index contributed by atoms with van der Waals surface area (Å²) in [5.41, 5.74) is 7.18. The molecule has 0 aromatic heterocycles. The first kappa shape index (κ1) is 10.8. The molecule has 0 spiro atoms. The Morgan fingerprint density at radius 2 is 1.75 bits per heavy atom. The maximum Gasteiger partial charge on any atom is 0.128 e. The Morgan fingerprint density at radius 3 is 2.44 bits per heavy atom. The van der Waals surface area contributed by atoms with Crippen LogP contribution in [0.1, 0.15) is 5.56 Å². The molecule has 0 bridgehead atoms. The Labute approximate surface area is 92.5 Å². The smallest absolute Gasteiger partial charge is 0.128 e. The van der Waals surface area contributed by atoms with Gasteiger partial charge in [0, 0.05) is 12.1 Å². The van der Waals surface area contributed by atoms with Gasteiger partial charge in [0.05, 0.1) is 0 Å². The fraction of sp³-hybridized carbons (Fsp3) is 0.0769. The average molecular weight is 219 g/mol. The second kappa shape index (κ2) is 4.41. The molecular weight excluding hydrogens is 208 g/mol. The highest BCUT2D eigenvalue weighted by atomic mass is 19.1. The van der Waals surface area contributed by atoms with Crippen LogP contribution < -0.4 is 5.73 Å². The van der Waals surface area contributed by atoms with Crippen LogP contribution in [-0.2, 0) is 6.54 Å². The number of benzene rings is 2. The van der Waals surface area contributed by atoms with Crippen LogP contribution in [0.25, 0.3) is 11.1 Å². The van der Waals surface area contributed by atoms with E-state index in [0.29, 0.717) is 16.7 Å². The van der Waals surface area contributed by atoms with Gasteiger partial charge in [-0.05, 0) is 29.3 Å². The zero-order chi connectivity index (χ0) is 11.5. The first-order valence-corrected chi connectivity index (χ1v) is 4.96. The van der Waals surface area contributed by atoms with Gasteiger partial charge in [0.15, 0.2) is 0 Å². The molecule has 0 saturated heterocycles. The normalized spacial score (nSPS) is 10.4. The minimum Gasteiger partial charge on any atom is -0.326 e. The van der Waals surface area contributed by atoms with Crippen LogP contribution in [0.15, 0.2) is 42.5 Å². The van der Waals surface area contributed by atoms with Gasteiger partial charge in [-0.2, -0.15) is 0 Å². The van der Waals surface area contributed by atoms with E-state index in [1.165, 1.54) is 18.2 Å². The van der Waals surface area contributed by atoms with E-state index < -0.39 is 0 Å². The first-order chi connectivity index (χ1) is 7.72. The number of nitrogens with two attached hydrogens (primary N) is 1. The summed E-state index contributed by atoms with van der Waals surface area (Å²) >= 11 is 0. The topological polar surface area (TPSA) is 26.0 Å². The highest BCUT2D eigenvalue weighted by Gasteiger charge is 2.08. The zero-order valence-electron chi connectivity index (χ0n) is 8.58. The number of halogens is 2. The molecule has 0 fully saturated rings. The van der Waals surface area contributed by atoms with Crippen LogP contribution in [0.4, 0.5) is 8.78 Å². The molecule has 2 rings (SSSR count). The van der Waals surface area contributed by atoms with Gasteiger partial charge in [-0.3, -0.25) is 0 Å².